The van der Waals surface area contributed by atoms with Crippen molar-refractivity contribution in [3.05, 3.63) is 22.8 Å². The van der Waals surface area contributed by atoms with Crippen molar-refractivity contribution in [1.82, 2.24) is 5.32 Å². The molecule has 0 aromatic rings. The molecule has 0 spiro atoms. The lowest BCUT2D eigenvalue weighted by Gasteiger charge is -2.34. The van der Waals surface area contributed by atoms with Gasteiger partial charge in [0.15, 0.2) is 0 Å². The molecule has 102 valence electrons. The van der Waals surface area contributed by atoms with Crippen molar-refractivity contribution in [3.8, 4) is 0 Å². The zero-order valence-corrected chi connectivity index (χ0v) is 12.6. The molecule has 1 N–H and O–H groups in total. The van der Waals surface area contributed by atoms with Crippen molar-refractivity contribution in [2.75, 3.05) is 6.54 Å². The molecule has 0 saturated heterocycles. The Bertz CT molecular complexity index is 356. The van der Waals surface area contributed by atoms with Crippen molar-refractivity contribution >= 4 is 0 Å². The smallest absolute Gasteiger partial charge is 0.0164 e. The van der Waals surface area contributed by atoms with Crippen LogP contribution in [0.4, 0.5) is 0 Å². The van der Waals surface area contributed by atoms with Crippen LogP contribution in [0.5, 0.6) is 0 Å². The number of hydrogen-bond donors (Lipinski definition) is 1. The first kappa shape index (κ1) is 13.9. The Morgan fingerprint density at radius 3 is 2.72 bits per heavy atom. The monoisotopic (exact) mass is 247 g/mol. The van der Waals surface area contributed by atoms with Crippen LogP contribution in [0.3, 0.4) is 0 Å². The molecule has 0 aromatic heterocycles. The fraction of sp³-hybridized carbons (Fsp3) is 0.765. The Labute approximate surface area is 113 Å². The van der Waals surface area contributed by atoms with E-state index in [1.54, 1.807) is 11.1 Å². The summed E-state index contributed by atoms with van der Waals surface area (Å²) in [6.45, 7) is 10.5. The first-order chi connectivity index (χ1) is 8.49. The van der Waals surface area contributed by atoms with E-state index < -0.39 is 0 Å². The first-order valence-electron chi connectivity index (χ1n) is 7.57. The average molecular weight is 247 g/mol. The summed E-state index contributed by atoms with van der Waals surface area (Å²) in [4.78, 5) is 0. The highest BCUT2D eigenvalue weighted by Gasteiger charge is 2.27. The Kier molecular flexibility index (Phi) is 4.32. The van der Waals surface area contributed by atoms with Gasteiger partial charge in [0.05, 0.1) is 0 Å². The molecule has 0 aromatic carbocycles. The van der Waals surface area contributed by atoms with Gasteiger partial charge in [-0.3, -0.25) is 0 Å². The lowest BCUT2D eigenvalue weighted by molar-refractivity contribution is 0.360. The largest absolute Gasteiger partial charge is 0.310 e. The number of nitrogens with one attached hydrogen (secondary N) is 1. The van der Waals surface area contributed by atoms with Crippen LogP contribution in [0.2, 0.25) is 0 Å². The van der Waals surface area contributed by atoms with Crippen molar-refractivity contribution in [3.63, 3.8) is 0 Å². The zero-order valence-electron chi connectivity index (χ0n) is 12.6. The van der Waals surface area contributed by atoms with Crippen LogP contribution in [-0.4, -0.2) is 12.6 Å². The summed E-state index contributed by atoms with van der Waals surface area (Å²) in [5, 5.41) is 3.59. The number of rotatable bonds is 5. The van der Waals surface area contributed by atoms with E-state index in [4.69, 9.17) is 0 Å². The average Bonchev–Trinajstić information content (AvgIpc) is 3.08. The highest BCUT2D eigenvalue weighted by molar-refractivity contribution is 5.25. The fourth-order valence-corrected chi connectivity index (χ4v) is 3.07. The quantitative estimate of drug-likeness (QED) is 0.700. The Hall–Kier alpha value is -0.560. The molecule has 0 radical (unpaired) electrons. The van der Waals surface area contributed by atoms with Crippen LogP contribution < -0.4 is 5.32 Å². The van der Waals surface area contributed by atoms with Crippen molar-refractivity contribution in [2.24, 2.45) is 5.41 Å². The third-order valence-electron chi connectivity index (χ3n) is 4.59. The minimum atomic E-state index is 0.420. The molecule has 1 fully saturated rings. The van der Waals surface area contributed by atoms with Gasteiger partial charge in [-0.2, -0.15) is 0 Å². The SMILES string of the molecule is CC1=C(C/C=C(/C)CNC2CC2)C(C)(C)CCC1. The molecular weight excluding hydrogens is 218 g/mol. The van der Waals surface area contributed by atoms with Gasteiger partial charge in [0.25, 0.3) is 0 Å². The molecule has 1 heteroatoms. The van der Waals surface area contributed by atoms with E-state index in [-0.39, 0.29) is 0 Å². The second-order valence-electron chi connectivity index (χ2n) is 6.91. The molecule has 0 amide bonds. The second kappa shape index (κ2) is 5.61. The Morgan fingerprint density at radius 1 is 1.39 bits per heavy atom. The lowest BCUT2D eigenvalue weighted by Crippen LogP contribution is -2.21. The molecular formula is C17H29N. The molecule has 0 atom stereocenters. The highest BCUT2D eigenvalue weighted by Crippen LogP contribution is 2.41. The number of allylic oxidation sites excluding steroid dienone is 3. The summed E-state index contributed by atoms with van der Waals surface area (Å²) >= 11 is 0. The molecule has 0 unspecified atom stereocenters. The predicted octanol–water partition coefficient (Wildman–Crippen LogP) is 4.60. The van der Waals surface area contributed by atoms with Gasteiger partial charge in [0.2, 0.25) is 0 Å². The van der Waals surface area contributed by atoms with Gasteiger partial charge >= 0.3 is 0 Å². The normalized spacial score (nSPS) is 24.6. The van der Waals surface area contributed by atoms with E-state index >= 15 is 0 Å². The summed E-state index contributed by atoms with van der Waals surface area (Å²) in [6.07, 6.45) is 10.4. The third kappa shape index (κ3) is 3.71. The Balaban J connectivity index is 1.92. The maximum atomic E-state index is 3.59. The fourth-order valence-electron chi connectivity index (χ4n) is 3.07. The maximum Gasteiger partial charge on any atom is 0.0164 e. The van der Waals surface area contributed by atoms with Crippen LogP contribution in [0.1, 0.15) is 66.2 Å². The molecule has 1 saturated carbocycles. The number of hydrogen-bond acceptors (Lipinski definition) is 1. The molecule has 0 aliphatic heterocycles. The van der Waals surface area contributed by atoms with Gasteiger partial charge in [-0.05, 0) is 57.8 Å². The Morgan fingerprint density at radius 2 is 2.11 bits per heavy atom. The van der Waals surface area contributed by atoms with Crippen molar-refractivity contribution in [1.29, 1.82) is 0 Å². The van der Waals surface area contributed by atoms with Crippen LogP contribution in [-0.2, 0) is 0 Å². The van der Waals surface area contributed by atoms with E-state index in [0.29, 0.717) is 5.41 Å². The van der Waals surface area contributed by atoms with Crippen LogP contribution in [0.25, 0.3) is 0 Å². The maximum absolute atomic E-state index is 3.59. The molecule has 2 aliphatic rings. The zero-order chi connectivity index (χ0) is 13.2. The minimum absolute atomic E-state index is 0.420. The molecule has 18 heavy (non-hydrogen) atoms. The van der Waals surface area contributed by atoms with E-state index in [9.17, 15) is 0 Å². The predicted molar refractivity (Wildman–Crippen MR) is 79.7 cm³/mol. The molecule has 0 heterocycles. The van der Waals surface area contributed by atoms with E-state index in [2.05, 4.69) is 39.1 Å². The minimum Gasteiger partial charge on any atom is -0.310 e. The van der Waals surface area contributed by atoms with Crippen molar-refractivity contribution in [2.45, 2.75) is 72.3 Å². The van der Waals surface area contributed by atoms with E-state index in [1.807, 2.05) is 0 Å². The summed E-state index contributed by atoms with van der Waals surface area (Å²) in [5.74, 6) is 0. The highest BCUT2D eigenvalue weighted by atomic mass is 14.9. The first-order valence-corrected chi connectivity index (χ1v) is 7.57. The van der Waals surface area contributed by atoms with Gasteiger partial charge < -0.3 is 5.32 Å². The summed E-state index contributed by atoms with van der Waals surface area (Å²) in [7, 11) is 0. The van der Waals surface area contributed by atoms with Crippen molar-refractivity contribution < 1.29 is 0 Å². The van der Waals surface area contributed by atoms with E-state index in [0.717, 1.165) is 19.0 Å². The molecule has 0 bridgehead atoms. The van der Waals surface area contributed by atoms with Crippen LogP contribution in [0.15, 0.2) is 22.8 Å². The molecule has 1 nitrogen and oxygen atoms in total. The van der Waals surface area contributed by atoms with Crippen LogP contribution >= 0.6 is 0 Å². The topological polar surface area (TPSA) is 12.0 Å². The third-order valence-corrected chi connectivity index (χ3v) is 4.59. The van der Waals surface area contributed by atoms with Gasteiger partial charge in [-0.1, -0.05) is 36.6 Å². The van der Waals surface area contributed by atoms with Gasteiger partial charge in [-0.25, -0.2) is 0 Å². The second-order valence-corrected chi connectivity index (χ2v) is 6.91. The van der Waals surface area contributed by atoms with Gasteiger partial charge in [0, 0.05) is 12.6 Å². The summed E-state index contributed by atoms with van der Waals surface area (Å²) < 4.78 is 0. The molecule has 2 rings (SSSR count). The lowest BCUT2D eigenvalue weighted by atomic mass is 9.71. The van der Waals surface area contributed by atoms with Crippen LogP contribution in [0, 0.1) is 5.41 Å². The van der Waals surface area contributed by atoms with E-state index in [1.165, 1.54) is 37.7 Å². The summed E-state index contributed by atoms with van der Waals surface area (Å²) in [6, 6.07) is 0.820. The molecule has 2 aliphatic carbocycles. The summed E-state index contributed by atoms with van der Waals surface area (Å²) in [5.41, 5.74) is 5.26. The van der Waals surface area contributed by atoms with Gasteiger partial charge in [0.1, 0.15) is 0 Å². The standard InChI is InChI=1S/C17H29N/c1-13(12-18-15-8-9-15)7-10-16-14(2)6-5-11-17(16,3)4/h7,15,18H,5-6,8-12H2,1-4H3/b13-7-. The van der Waals surface area contributed by atoms with Gasteiger partial charge in [-0.15, -0.1) is 0 Å².